The van der Waals surface area contributed by atoms with Crippen molar-refractivity contribution in [2.45, 2.75) is 25.4 Å². The van der Waals surface area contributed by atoms with E-state index in [0.717, 1.165) is 23.9 Å². The first kappa shape index (κ1) is 13.5. The molecule has 1 aliphatic rings. The summed E-state index contributed by atoms with van der Waals surface area (Å²) in [5.41, 5.74) is 3.02. The molecule has 0 aliphatic heterocycles. The highest BCUT2D eigenvalue weighted by atomic mass is 35.5. The summed E-state index contributed by atoms with van der Waals surface area (Å²) < 4.78 is 26.4. The Hall–Kier alpha value is -1.45. The maximum absolute atomic E-state index is 13.5. The van der Waals surface area contributed by atoms with Crippen LogP contribution in [0.25, 0.3) is 0 Å². The van der Waals surface area contributed by atoms with Crippen molar-refractivity contribution in [3.05, 3.63) is 69.7 Å². The SMILES string of the molecule is Fc1ccc(CNC2Cc3ccc(Cl)cc3C2)c(F)c1. The van der Waals surface area contributed by atoms with Gasteiger partial charge in [0.2, 0.25) is 0 Å². The van der Waals surface area contributed by atoms with Crippen molar-refractivity contribution in [1.82, 2.24) is 5.32 Å². The Labute approximate surface area is 121 Å². The smallest absolute Gasteiger partial charge is 0.130 e. The van der Waals surface area contributed by atoms with Crippen molar-refractivity contribution in [3.8, 4) is 0 Å². The molecule has 0 aromatic heterocycles. The summed E-state index contributed by atoms with van der Waals surface area (Å²) >= 11 is 5.97. The van der Waals surface area contributed by atoms with Gasteiger partial charge in [-0.15, -0.1) is 0 Å². The number of nitrogens with one attached hydrogen (secondary N) is 1. The standard InChI is InChI=1S/C16H14ClF2N/c17-13-3-1-10-6-15(7-12(10)5-13)20-9-11-2-4-14(18)8-16(11)19/h1-5,8,15,20H,6-7,9H2. The molecule has 104 valence electrons. The average molecular weight is 294 g/mol. The van der Waals surface area contributed by atoms with Crippen LogP contribution in [0.4, 0.5) is 8.78 Å². The summed E-state index contributed by atoms with van der Waals surface area (Å²) in [5.74, 6) is -1.05. The van der Waals surface area contributed by atoms with Crippen LogP contribution < -0.4 is 5.32 Å². The number of benzene rings is 2. The zero-order valence-corrected chi connectivity index (χ0v) is 11.6. The first-order valence-corrected chi connectivity index (χ1v) is 6.94. The molecular weight excluding hydrogens is 280 g/mol. The van der Waals surface area contributed by atoms with E-state index in [1.54, 1.807) is 0 Å². The maximum atomic E-state index is 13.5. The second kappa shape index (κ2) is 5.51. The van der Waals surface area contributed by atoms with E-state index in [1.807, 2.05) is 18.2 Å². The van der Waals surface area contributed by atoms with E-state index in [-0.39, 0.29) is 6.04 Å². The molecule has 0 spiro atoms. The van der Waals surface area contributed by atoms with Crippen LogP contribution in [0.3, 0.4) is 0 Å². The van der Waals surface area contributed by atoms with Gasteiger partial charge in [0.05, 0.1) is 0 Å². The molecule has 2 aromatic carbocycles. The Kier molecular flexibility index (Phi) is 3.72. The van der Waals surface area contributed by atoms with Crippen LogP contribution in [0.1, 0.15) is 16.7 Å². The van der Waals surface area contributed by atoms with Gasteiger partial charge in [-0.05, 0) is 42.2 Å². The van der Waals surface area contributed by atoms with E-state index in [4.69, 9.17) is 11.6 Å². The van der Waals surface area contributed by atoms with E-state index in [0.29, 0.717) is 12.1 Å². The molecule has 4 heteroatoms. The van der Waals surface area contributed by atoms with Gasteiger partial charge in [0, 0.05) is 29.2 Å². The van der Waals surface area contributed by atoms with Crippen molar-refractivity contribution >= 4 is 11.6 Å². The van der Waals surface area contributed by atoms with Crippen molar-refractivity contribution in [2.75, 3.05) is 0 Å². The van der Waals surface area contributed by atoms with E-state index >= 15 is 0 Å². The molecule has 0 saturated heterocycles. The number of hydrogen-bond donors (Lipinski definition) is 1. The zero-order chi connectivity index (χ0) is 14.1. The van der Waals surface area contributed by atoms with Gasteiger partial charge in [-0.3, -0.25) is 0 Å². The van der Waals surface area contributed by atoms with Crippen LogP contribution in [0.5, 0.6) is 0 Å². The number of fused-ring (bicyclic) bond motifs is 1. The van der Waals surface area contributed by atoms with Gasteiger partial charge < -0.3 is 5.32 Å². The molecule has 0 heterocycles. The van der Waals surface area contributed by atoms with Crippen LogP contribution in [-0.4, -0.2) is 6.04 Å². The molecule has 0 amide bonds. The van der Waals surface area contributed by atoms with Crippen molar-refractivity contribution < 1.29 is 8.78 Å². The van der Waals surface area contributed by atoms with E-state index in [2.05, 4.69) is 5.32 Å². The molecule has 1 unspecified atom stereocenters. The van der Waals surface area contributed by atoms with Gasteiger partial charge in [-0.1, -0.05) is 23.7 Å². The third-order valence-electron chi connectivity index (χ3n) is 3.70. The van der Waals surface area contributed by atoms with Crippen LogP contribution in [0, 0.1) is 11.6 Å². The Balaban J connectivity index is 1.63. The molecule has 0 radical (unpaired) electrons. The minimum atomic E-state index is -0.547. The molecule has 1 atom stereocenters. The number of hydrogen-bond acceptors (Lipinski definition) is 1. The fourth-order valence-electron chi connectivity index (χ4n) is 2.65. The predicted molar refractivity (Wildman–Crippen MR) is 75.8 cm³/mol. The second-order valence-electron chi connectivity index (χ2n) is 5.13. The molecule has 1 aliphatic carbocycles. The van der Waals surface area contributed by atoms with E-state index in [1.165, 1.54) is 23.3 Å². The summed E-state index contributed by atoms with van der Waals surface area (Å²) in [6.07, 6.45) is 1.80. The summed E-state index contributed by atoms with van der Waals surface area (Å²) in [7, 11) is 0. The van der Waals surface area contributed by atoms with Crippen LogP contribution in [-0.2, 0) is 19.4 Å². The molecule has 0 bridgehead atoms. The zero-order valence-electron chi connectivity index (χ0n) is 10.8. The minimum Gasteiger partial charge on any atom is -0.309 e. The van der Waals surface area contributed by atoms with Gasteiger partial charge in [-0.2, -0.15) is 0 Å². The van der Waals surface area contributed by atoms with Gasteiger partial charge in [-0.25, -0.2) is 8.78 Å². The summed E-state index contributed by atoms with van der Waals surface area (Å²) in [5, 5.41) is 4.06. The predicted octanol–water partition coefficient (Wildman–Crippen LogP) is 3.88. The third-order valence-corrected chi connectivity index (χ3v) is 3.93. The summed E-state index contributed by atoms with van der Waals surface area (Å²) in [6.45, 7) is 0.401. The lowest BCUT2D eigenvalue weighted by atomic mass is 10.1. The van der Waals surface area contributed by atoms with Crippen molar-refractivity contribution in [1.29, 1.82) is 0 Å². The van der Waals surface area contributed by atoms with Gasteiger partial charge >= 0.3 is 0 Å². The quantitative estimate of drug-likeness (QED) is 0.906. The fourth-order valence-corrected chi connectivity index (χ4v) is 2.85. The molecule has 2 aromatic rings. The lowest BCUT2D eigenvalue weighted by Crippen LogP contribution is -2.29. The Bertz CT molecular complexity index is 642. The monoisotopic (exact) mass is 293 g/mol. The van der Waals surface area contributed by atoms with E-state index < -0.39 is 11.6 Å². The van der Waals surface area contributed by atoms with Crippen LogP contribution >= 0.6 is 11.6 Å². The highest BCUT2D eigenvalue weighted by Gasteiger charge is 2.21. The highest BCUT2D eigenvalue weighted by molar-refractivity contribution is 6.30. The Morgan fingerprint density at radius 2 is 1.85 bits per heavy atom. The first-order valence-electron chi connectivity index (χ1n) is 6.56. The molecule has 0 saturated carbocycles. The molecule has 20 heavy (non-hydrogen) atoms. The normalized spacial score (nSPS) is 17.2. The molecule has 1 N–H and O–H groups in total. The topological polar surface area (TPSA) is 12.0 Å². The average Bonchev–Trinajstić information content (AvgIpc) is 2.79. The molecule has 3 rings (SSSR count). The number of rotatable bonds is 3. The van der Waals surface area contributed by atoms with Gasteiger partial charge in [0.25, 0.3) is 0 Å². The number of halogens is 3. The maximum Gasteiger partial charge on any atom is 0.130 e. The lowest BCUT2D eigenvalue weighted by Gasteiger charge is -2.12. The minimum absolute atomic E-state index is 0.271. The van der Waals surface area contributed by atoms with Crippen LogP contribution in [0.15, 0.2) is 36.4 Å². The van der Waals surface area contributed by atoms with E-state index in [9.17, 15) is 8.78 Å². The Morgan fingerprint density at radius 1 is 1.05 bits per heavy atom. The van der Waals surface area contributed by atoms with Crippen molar-refractivity contribution in [2.24, 2.45) is 0 Å². The largest absolute Gasteiger partial charge is 0.309 e. The van der Waals surface area contributed by atoms with Gasteiger partial charge in [0.15, 0.2) is 0 Å². The Morgan fingerprint density at radius 3 is 2.65 bits per heavy atom. The molecule has 1 nitrogen and oxygen atoms in total. The summed E-state index contributed by atoms with van der Waals surface area (Å²) in [6, 6.07) is 9.87. The third kappa shape index (κ3) is 2.84. The van der Waals surface area contributed by atoms with Crippen molar-refractivity contribution in [3.63, 3.8) is 0 Å². The lowest BCUT2D eigenvalue weighted by molar-refractivity contribution is 0.511. The van der Waals surface area contributed by atoms with Crippen LogP contribution in [0.2, 0.25) is 5.02 Å². The van der Waals surface area contributed by atoms with Gasteiger partial charge in [0.1, 0.15) is 11.6 Å². The highest BCUT2D eigenvalue weighted by Crippen LogP contribution is 2.25. The summed E-state index contributed by atoms with van der Waals surface area (Å²) in [4.78, 5) is 0. The first-order chi connectivity index (χ1) is 9.61. The fraction of sp³-hybridized carbons (Fsp3) is 0.250. The molecule has 0 fully saturated rings. The molecular formula is C16H14ClF2N. The second-order valence-corrected chi connectivity index (χ2v) is 5.57.